The van der Waals surface area contributed by atoms with Crippen molar-refractivity contribution in [3.63, 3.8) is 0 Å². The topological polar surface area (TPSA) is 55.4 Å². The fraction of sp³-hybridized carbons (Fsp3) is 0.407. The van der Waals surface area contributed by atoms with E-state index in [1.807, 2.05) is 25.1 Å². The average molecular weight is 450 g/mol. The number of rotatable bonds is 4. The van der Waals surface area contributed by atoms with Gasteiger partial charge in [0.2, 0.25) is 0 Å². The summed E-state index contributed by atoms with van der Waals surface area (Å²) < 4.78 is 6.03. The molecule has 5 heteroatoms. The number of carbonyl (C=O) groups is 2. The van der Waals surface area contributed by atoms with Gasteiger partial charge in [0.05, 0.1) is 11.5 Å². The monoisotopic (exact) mass is 449 g/mol. The van der Waals surface area contributed by atoms with Gasteiger partial charge in [0.25, 0.3) is 11.1 Å². The quantitative estimate of drug-likeness (QED) is 0.526. The molecular formula is C27H31NO3S. The highest BCUT2D eigenvalue weighted by Gasteiger charge is 2.37. The Kier molecular flexibility index (Phi) is 5.74. The van der Waals surface area contributed by atoms with Gasteiger partial charge in [0.1, 0.15) is 5.75 Å². The van der Waals surface area contributed by atoms with E-state index in [1.54, 1.807) is 6.08 Å². The predicted octanol–water partition coefficient (Wildman–Crippen LogP) is 6.73. The third-order valence-electron chi connectivity index (χ3n) is 6.75. The molecule has 1 N–H and O–H groups in total. The molecule has 2 aromatic carbocycles. The molecule has 2 amide bonds. The number of thioether (sulfide) groups is 1. The van der Waals surface area contributed by atoms with Gasteiger partial charge in [-0.1, -0.05) is 45.9 Å². The molecule has 4 nitrogen and oxygen atoms in total. The maximum Gasteiger partial charge on any atom is 0.290 e. The second-order valence-electron chi connectivity index (χ2n) is 9.99. The van der Waals surface area contributed by atoms with Crippen LogP contribution in [0.3, 0.4) is 0 Å². The molecule has 32 heavy (non-hydrogen) atoms. The number of ether oxygens (including phenoxy) is 1. The lowest BCUT2D eigenvalue weighted by molar-refractivity contribution is -0.115. The molecule has 1 fully saturated rings. The summed E-state index contributed by atoms with van der Waals surface area (Å²) >= 11 is 0.939. The second-order valence-corrected chi connectivity index (χ2v) is 11.0. The van der Waals surface area contributed by atoms with E-state index in [2.05, 4.69) is 52.1 Å². The minimum absolute atomic E-state index is 0.0834. The Hall–Kier alpha value is -2.53. The number of fused-ring (bicyclic) bond motifs is 1. The van der Waals surface area contributed by atoms with Gasteiger partial charge in [-0.2, -0.15) is 0 Å². The van der Waals surface area contributed by atoms with Crippen LogP contribution in [0.5, 0.6) is 5.75 Å². The van der Waals surface area contributed by atoms with Crippen molar-refractivity contribution in [1.29, 1.82) is 0 Å². The molecule has 0 atom stereocenters. The third-order valence-corrected chi connectivity index (χ3v) is 7.56. The van der Waals surface area contributed by atoms with Crippen molar-refractivity contribution in [2.45, 2.75) is 65.2 Å². The smallest absolute Gasteiger partial charge is 0.290 e. The van der Waals surface area contributed by atoms with E-state index in [0.29, 0.717) is 11.5 Å². The fourth-order valence-electron chi connectivity index (χ4n) is 4.79. The zero-order valence-electron chi connectivity index (χ0n) is 19.7. The van der Waals surface area contributed by atoms with Crippen LogP contribution in [0.1, 0.15) is 69.7 Å². The molecule has 0 unspecified atom stereocenters. The number of imide groups is 1. The summed E-state index contributed by atoms with van der Waals surface area (Å²) in [6, 6.07) is 10.6. The molecule has 4 rings (SSSR count). The van der Waals surface area contributed by atoms with Crippen molar-refractivity contribution in [2.24, 2.45) is 0 Å². The van der Waals surface area contributed by atoms with Crippen LogP contribution in [-0.4, -0.2) is 17.8 Å². The average Bonchev–Trinajstić information content (AvgIpc) is 3.03. The van der Waals surface area contributed by atoms with Crippen molar-refractivity contribution in [1.82, 2.24) is 5.32 Å². The highest BCUT2D eigenvalue weighted by molar-refractivity contribution is 8.18. The van der Waals surface area contributed by atoms with E-state index in [0.717, 1.165) is 40.6 Å². The summed E-state index contributed by atoms with van der Waals surface area (Å²) in [5, 5.41) is 2.01. The Morgan fingerprint density at radius 1 is 1.06 bits per heavy atom. The summed E-state index contributed by atoms with van der Waals surface area (Å²) in [6.45, 7) is 14.0. The Balaban J connectivity index is 1.97. The Bertz CT molecular complexity index is 1140. The highest BCUT2D eigenvalue weighted by Crippen LogP contribution is 2.49. The van der Waals surface area contributed by atoms with Gasteiger partial charge in [0.15, 0.2) is 0 Å². The van der Waals surface area contributed by atoms with Crippen LogP contribution < -0.4 is 10.1 Å². The first-order chi connectivity index (χ1) is 15.0. The van der Waals surface area contributed by atoms with Crippen LogP contribution in [0.25, 0.3) is 17.2 Å². The van der Waals surface area contributed by atoms with Gasteiger partial charge in [-0.05, 0) is 95.3 Å². The molecule has 0 radical (unpaired) electrons. The number of aryl methyl sites for hydroxylation is 1. The molecular weight excluding hydrogens is 418 g/mol. The van der Waals surface area contributed by atoms with Gasteiger partial charge in [-0.15, -0.1) is 0 Å². The van der Waals surface area contributed by atoms with Crippen LogP contribution in [0.2, 0.25) is 0 Å². The van der Waals surface area contributed by atoms with E-state index in [9.17, 15) is 9.59 Å². The zero-order valence-corrected chi connectivity index (χ0v) is 20.5. The molecule has 168 valence electrons. The molecule has 2 aromatic rings. The Labute approximate surface area is 194 Å². The third kappa shape index (κ3) is 3.99. The molecule has 1 saturated heterocycles. The largest absolute Gasteiger partial charge is 0.493 e. The van der Waals surface area contributed by atoms with E-state index < -0.39 is 0 Å². The maximum atomic E-state index is 12.2. The number of nitrogens with one attached hydrogen (secondary N) is 1. The van der Waals surface area contributed by atoms with Crippen LogP contribution in [0.15, 0.2) is 35.2 Å². The second kappa shape index (κ2) is 8.11. The molecule has 0 spiro atoms. The Morgan fingerprint density at radius 2 is 1.72 bits per heavy atom. The lowest BCUT2D eigenvalue weighted by atomic mass is 9.62. The van der Waals surface area contributed by atoms with Crippen LogP contribution in [0, 0.1) is 6.92 Å². The molecule has 0 bridgehead atoms. The summed E-state index contributed by atoms with van der Waals surface area (Å²) in [5.74, 6) is 0.435. The first-order valence-corrected chi connectivity index (χ1v) is 12.0. The highest BCUT2D eigenvalue weighted by atomic mass is 32.2. The predicted molar refractivity (Wildman–Crippen MR) is 132 cm³/mol. The standard InChI is InChI=1S/C27H31NO3S/c1-7-31-21-10-8-9-17(14-22-24(29)28-25(30)32-22)23(21)18-15-20-19(13-16(18)2)26(3,4)11-12-27(20,5)6/h8-10,13-15H,7,11-12H2,1-6H3,(H,28,29,30). The van der Waals surface area contributed by atoms with Crippen LogP contribution >= 0.6 is 11.8 Å². The van der Waals surface area contributed by atoms with Gasteiger partial charge in [-0.3, -0.25) is 14.9 Å². The van der Waals surface area contributed by atoms with Crippen molar-refractivity contribution in [3.05, 3.63) is 57.5 Å². The first kappa shape index (κ1) is 22.7. The van der Waals surface area contributed by atoms with Crippen LogP contribution in [0.4, 0.5) is 4.79 Å². The number of benzene rings is 2. The minimum atomic E-state index is -0.349. The minimum Gasteiger partial charge on any atom is -0.493 e. The summed E-state index contributed by atoms with van der Waals surface area (Å²) in [6.07, 6.45) is 4.11. The van der Waals surface area contributed by atoms with Crippen LogP contribution in [-0.2, 0) is 15.6 Å². The van der Waals surface area contributed by atoms with Crippen molar-refractivity contribution >= 4 is 29.0 Å². The normalized spacial score (nSPS) is 20.2. The van der Waals surface area contributed by atoms with E-state index in [4.69, 9.17) is 4.74 Å². The summed E-state index contributed by atoms with van der Waals surface area (Å²) in [5.41, 5.74) is 7.15. The molecule has 1 heterocycles. The summed E-state index contributed by atoms with van der Waals surface area (Å²) in [7, 11) is 0. The number of hydrogen-bond donors (Lipinski definition) is 1. The van der Waals surface area contributed by atoms with Gasteiger partial charge < -0.3 is 4.74 Å². The lowest BCUT2D eigenvalue weighted by Gasteiger charge is -2.42. The molecule has 0 saturated carbocycles. The molecule has 2 aliphatic rings. The number of amides is 2. The van der Waals surface area contributed by atoms with E-state index in [1.165, 1.54) is 23.1 Å². The molecule has 0 aromatic heterocycles. The summed E-state index contributed by atoms with van der Waals surface area (Å²) in [4.78, 5) is 24.3. The number of carbonyl (C=O) groups excluding carboxylic acids is 2. The van der Waals surface area contributed by atoms with Crippen molar-refractivity contribution < 1.29 is 14.3 Å². The van der Waals surface area contributed by atoms with E-state index in [-0.39, 0.29) is 22.0 Å². The van der Waals surface area contributed by atoms with Gasteiger partial charge in [-0.25, -0.2) is 0 Å². The molecule has 1 aliphatic heterocycles. The van der Waals surface area contributed by atoms with Gasteiger partial charge >= 0.3 is 0 Å². The zero-order chi connectivity index (χ0) is 23.3. The lowest BCUT2D eigenvalue weighted by Crippen LogP contribution is -2.34. The Morgan fingerprint density at radius 3 is 2.31 bits per heavy atom. The van der Waals surface area contributed by atoms with E-state index >= 15 is 0 Å². The molecule has 1 aliphatic carbocycles. The van der Waals surface area contributed by atoms with Crippen molar-refractivity contribution in [2.75, 3.05) is 6.61 Å². The van der Waals surface area contributed by atoms with Crippen molar-refractivity contribution in [3.8, 4) is 16.9 Å². The first-order valence-electron chi connectivity index (χ1n) is 11.2. The fourth-order valence-corrected chi connectivity index (χ4v) is 5.46. The van der Waals surface area contributed by atoms with Gasteiger partial charge in [0, 0.05) is 5.56 Å². The maximum absolute atomic E-state index is 12.2. The SMILES string of the molecule is CCOc1cccc(C=C2SC(=O)NC2=O)c1-c1cc2c(cc1C)C(C)(C)CCC2(C)C. The number of hydrogen-bond acceptors (Lipinski definition) is 4.